The molecule has 3 saturated heterocycles. The summed E-state index contributed by atoms with van der Waals surface area (Å²) in [6.45, 7) is 7.79. The number of rotatable bonds is 12. The third-order valence-electron chi connectivity index (χ3n) is 9.98. The average Bonchev–Trinajstić information content (AvgIpc) is 3.87. The number of likely N-dealkylation sites (tertiary alicyclic amines) is 1. The normalized spacial score (nSPS) is 24.8. The number of fused-ring (bicyclic) bond motifs is 2. The number of aromatic nitrogens is 3. The van der Waals surface area contributed by atoms with E-state index in [0.717, 1.165) is 5.52 Å². The second-order valence-electron chi connectivity index (χ2n) is 12.6. The molecule has 3 aromatic carbocycles. The third-order valence-corrected chi connectivity index (χ3v) is 9.98. The first kappa shape index (κ1) is 31.5. The summed E-state index contributed by atoms with van der Waals surface area (Å²) < 4.78 is 8.39. The lowest BCUT2D eigenvalue weighted by molar-refractivity contribution is -0.152. The largest absolute Gasteiger partial charge is 0.394 e. The molecule has 3 fully saturated rings. The van der Waals surface area contributed by atoms with Crippen molar-refractivity contribution in [3.8, 4) is 0 Å². The van der Waals surface area contributed by atoms with Crippen LogP contribution in [0.4, 0.5) is 5.69 Å². The second-order valence-corrected chi connectivity index (χ2v) is 12.6. The highest BCUT2D eigenvalue weighted by atomic mass is 16.5. The van der Waals surface area contributed by atoms with Gasteiger partial charge in [0.1, 0.15) is 23.8 Å². The van der Waals surface area contributed by atoms with Gasteiger partial charge in [-0.05, 0) is 42.7 Å². The summed E-state index contributed by atoms with van der Waals surface area (Å²) in [4.78, 5) is 49.1. The van der Waals surface area contributed by atoms with Gasteiger partial charge in [-0.1, -0.05) is 78.0 Å². The van der Waals surface area contributed by atoms with E-state index >= 15 is 4.79 Å². The second kappa shape index (κ2) is 12.8. The Morgan fingerprint density at radius 1 is 0.979 bits per heavy atom. The Bertz CT molecular complexity index is 1850. The molecule has 1 N–H and O–H groups in total. The van der Waals surface area contributed by atoms with Crippen molar-refractivity contribution in [3.63, 3.8) is 0 Å². The Balaban J connectivity index is 1.32. The maximum atomic E-state index is 15.0. The summed E-state index contributed by atoms with van der Waals surface area (Å²) in [5.41, 5.74) is 1.52. The predicted molar refractivity (Wildman–Crippen MR) is 179 cm³/mol. The number of hydrogen-bond acceptors (Lipinski definition) is 7. The predicted octanol–water partition coefficient (Wildman–Crippen LogP) is 3.73. The van der Waals surface area contributed by atoms with Gasteiger partial charge in [0.15, 0.2) is 0 Å². The molecule has 0 radical (unpaired) electrons. The Morgan fingerprint density at radius 2 is 1.67 bits per heavy atom. The number of carbonyl (C=O) groups is 3. The molecule has 3 amide bonds. The Morgan fingerprint density at radius 3 is 2.38 bits per heavy atom. The number of ether oxygens (including phenoxy) is 1. The summed E-state index contributed by atoms with van der Waals surface area (Å²) in [5, 5.41) is 19.4. The maximum absolute atomic E-state index is 15.0. The summed E-state index contributed by atoms with van der Waals surface area (Å²) in [5.74, 6) is -2.76. The van der Waals surface area contributed by atoms with Crippen LogP contribution >= 0.6 is 0 Å². The first-order valence-corrected chi connectivity index (χ1v) is 16.2. The van der Waals surface area contributed by atoms with Crippen LogP contribution in [0.1, 0.15) is 24.4 Å². The van der Waals surface area contributed by atoms with Crippen molar-refractivity contribution < 1.29 is 24.2 Å². The summed E-state index contributed by atoms with van der Waals surface area (Å²) in [6.07, 6.45) is 3.66. The van der Waals surface area contributed by atoms with Crippen LogP contribution in [-0.4, -0.2) is 85.1 Å². The molecule has 2 bridgehead atoms. The molecule has 3 aliphatic rings. The van der Waals surface area contributed by atoms with E-state index in [1.54, 1.807) is 26.6 Å². The molecule has 48 heavy (non-hydrogen) atoms. The minimum absolute atomic E-state index is 0.0483. The molecule has 246 valence electrons. The molecule has 0 aliphatic carbocycles. The summed E-state index contributed by atoms with van der Waals surface area (Å²) in [6, 6.07) is 23.9. The van der Waals surface area contributed by atoms with Gasteiger partial charge in [-0.3, -0.25) is 14.4 Å². The SMILES string of the molecule is C=CCN(Cn1nnc2ccccc21)C(=O)C1N([C@H](CO)c2ccccc2)C(=O)[C@@H]2[C@@H](C(=O)N(CC=C)c3ccccc3)[C@H]3CCC12O3. The van der Waals surface area contributed by atoms with Crippen molar-refractivity contribution in [2.75, 3.05) is 24.6 Å². The number of benzene rings is 3. The molecule has 4 heterocycles. The van der Waals surface area contributed by atoms with Gasteiger partial charge in [-0.15, -0.1) is 18.3 Å². The minimum Gasteiger partial charge on any atom is -0.394 e. The van der Waals surface area contributed by atoms with Gasteiger partial charge >= 0.3 is 0 Å². The Labute approximate surface area is 278 Å². The number of anilines is 1. The molecule has 1 aromatic heterocycles. The Kier molecular flexibility index (Phi) is 8.40. The average molecular weight is 647 g/mol. The fourth-order valence-corrected chi connectivity index (χ4v) is 7.99. The number of aliphatic hydroxyl groups excluding tert-OH is 1. The number of amides is 3. The van der Waals surface area contributed by atoms with E-state index < -0.39 is 42.2 Å². The van der Waals surface area contributed by atoms with Gasteiger partial charge < -0.3 is 24.5 Å². The van der Waals surface area contributed by atoms with E-state index in [2.05, 4.69) is 23.5 Å². The van der Waals surface area contributed by atoms with Crippen LogP contribution in [0.25, 0.3) is 11.0 Å². The van der Waals surface area contributed by atoms with Crippen molar-refractivity contribution >= 4 is 34.4 Å². The van der Waals surface area contributed by atoms with E-state index in [1.165, 1.54) is 4.90 Å². The van der Waals surface area contributed by atoms with Gasteiger partial charge in [-0.25, -0.2) is 4.68 Å². The van der Waals surface area contributed by atoms with Gasteiger partial charge in [0.2, 0.25) is 17.7 Å². The molecule has 2 unspecified atom stereocenters. The lowest BCUT2D eigenvalue weighted by Gasteiger charge is -2.39. The van der Waals surface area contributed by atoms with Crippen molar-refractivity contribution in [1.29, 1.82) is 0 Å². The fourth-order valence-electron chi connectivity index (χ4n) is 7.99. The van der Waals surface area contributed by atoms with Crippen LogP contribution in [-0.2, 0) is 25.8 Å². The number of aliphatic hydroxyl groups is 1. The molecule has 3 aliphatic heterocycles. The van der Waals surface area contributed by atoms with Crippen molar-refractivity contribution in [2.24, 2.45) is 11.8 Å². The van der Waals surface area contributed by atoms with Crippen LogP contribution < -0.4 is 4.90 Å². The quantitative estimate of drug-likeness (QED) is 0.233. The maximum Gasteiger partial charge on any atom is 0.250 e. The molecule has 1 spiro atoms. The Hall–Kier alpha value is -5.13. The first-order valence-electron chi connectivity index (χ1n) is 16.2. The van der Waals surface area contributed by atoms with Gasteiger partial charge in [-0.2, -0.15) is 0 Å². The van der Waals surface area contributed by atoms with Crippen LogP contribution in [0.5, 0.6) is 0 Å². The standard InChI is InChI=1S/C37H38N6O5/c1-3-21-40(24-42-28-18-12-11-17-27(28)38-39-42)36(47)33-37-20-19-30(48-37)31(34(45)41(22-4-2)26-15-9-6-10-16-26)32(37)35(46)43(33)29(23-44)25-13-7-5-8-14-25/h3-18,29-33,44H,1-2,19-24H2/t29-,30-,31+,32+,33?,37?/m1/s1. The van der Waals surface area contributed by atoms with Crippen molar-refractivity contribution in [2.45, 2.75) is 43.3 Å². The van der Waals surface area contributed by atoms with Crippen LogP contribution in [0.2, 0.25) is 0 Å². The van der Waals surface area contributed by atoms with E-state index in [9.17, 15) is 14.7 Å². The summed E-state index contributed by atoms with van der Waals surface area (Å²) >= 11 is 0. The van der Waals surface area contributed by atoms with Crippen LogP contribution in [0, 0.1) is 11.8 Å². The monoisotopic (exact) mass is 646 g/mol. The van der Waals surface area contributed by atoms with E-state index in [4.69, 9.17) is 4.74 Å². The minimum atomic E-state index is -1.28. The molecular weight excluding hydrogens is 608 g/mol. The van der Waals surface area contributed by atoms with Crippen LogP contribution in [0.3, 0.4) is 0 Å². The molecule has 7 rings (SSSR count). The van der Waals surface area contributed by atoms with E-state index in [0.29, 0.717) is 29.6 Å². The first-order chi connectivity index (χ1) is 23.4. The number of para-hydroxylation sites is 2. The topological polar surface area (TPSA) is 121 Å². The molecule has 0 saturated carbocycles. The van der Waals surface area contributed by atoms with Crippen molar-refractivity contribution in [1.82, 2.24) is 24.8 Å². The van der Waals surface area contributed by atoms with Crippen LogP contribution in [0.15, 0.2) is 110 Å². The van der Waals surface area contributed by atoms with Gasteiger partial charge in [0.25, 0.3) is 0 Å². The number of hydrogen-bond donors (Lipinski definition) is 1. The molecular formula is C37H38N6O5. The lowest BCUT2D eigenvalue weighted by Crippen LogP contribution is -2.57. The molecule has 11 heteroatoms. The molecule has 11 nitrogen and oxygen atoms in total. The molecule has 6 atom stereocenters. The van der Waals surface area contributed by atoms with E-state index in [-0.39, 0.29) is 37.5 Å². The van der Waals surface area contributed by atoms with Crippen molar-refractivity contribution in [3.05, 3.63) is 116 Å². The smallest absolute Gasteiger partial charge is 0.250 e. The highest BCUT2D eigenvalue weighted by Gasteiger charge is 2.75. The highest BCUT2D eigenvalue weighted by molar-refractivity contribution is 6.03. The highest BCUT2D eigenvalue weighted by Crippen LogP contribution is 2.60. The van der Waals surface area contributed by atoms with Gasteiger partial charge in [0, 0.05) is 18.8 Å². The van der Waals surface area contributed by atoms with Gasteiger partial charge in [0.05, 0.1) is 36.1 Å². The third kappa shape index (κ3) is 5.01. The van der Waals surface area contributed by atoms with E-state index in [1.807, 2.05) is 84.9 Å². The zero-order valence-electron chi connectivity index (χ0n) is 26.5. The zero-order chi connectivity index (χ0) is 33.4. The lowest BCUT2D eigenvalue weighted by atomic mass is 9.70. The molecule has 4 aromatic rings. The fraction of sp³-hybridized carbons (Fsp3) is 0.324. The number of nitrogens with zero attached hydrogens (tertiary/aromatic N) is 6. The summed E-state index contributed by atoms with van der Waals surface area (Å²) in [7, 11) is 0. The zero-order valence-corrected chi connectivity index (χ0v) is 26.5. The number of carbonyl (C=O) groups excluding carboxylic acids is 3.